The van der Waals surface area contributed by atoms with E-state index in [4.69, 9.17) is 0 Å². The van der Waals surface area contributed by atoms with Crippen molar-refractivity contribution in [1.82, 2.24) is 0 Å². The van der Waals surface area contributed by atoms with E-state index in [0.29, 0.717) is 18.5 Å². The summed E-state index contributed by atoms with van der Waals surface area (Å²) in [6, 6.07) is 8.92. The molecule has 0 aromatic heterocycles. The molecule has 0 saturated heterocycles. The van der Waals surface area contributed by atoms with Crippen LogP contribution < -0.4 is 10.6 Å². The highest BCUT2D eigenvalue weighted by Gasteiger charge is 2.45. The molecular formula is C19H19F3N2O3S. The second kappa shape index (κ2) is 6.80. The lowest BCUT2D eigenvalue weighted by Crippen LogP contribution is -2.21. The van der Waals surface area contributed by atoms with Crippen LogP contribution in [0.25, 0.3) is 0 Å². The molecule has 0 unspecified atom stereocenters. The second-order valence-corrected chi connectivity index (χ2v) is 9.21. The van der Waals surface area contributed by atoms with Crippen LogP contribution in [-0.4, -0.2) is 20.6 Å². The van der Waals surface area contributed by atoms with Gasteiger partial charge in [0.1, 0.15) is 0 Å². The Morgan fingerprint density at radius 3 is 2.11 bits per heavy atom. The Balaban J connectivity index is 1.87. The predicted octanol–water partition coefficient (Wildman–Crippen LogP) is 4.59. The first-order chi connectivity index (χ1) is 12.9. The van der Waals surface area contributed by atoms with Gasteiger partial charge in [0.05, 0.1) is 16.1 Å². The maximum absolute atomic E-state index is 13.5. The maximum Gasteiger partial charge on any atom is 0.418 e. The van der Waals surface area contributed by atoms with Crippen molar-refractivity contribution in [2.75, 3.05) is 16.9 Å². The number of carbonyl (C=O) groups is 1. The van der Waals surface area contributed by atoms with Gasteiger partial charge < -0.3 is 10.6 Å². The van der Waals surface area contributed by atoms with E-state index < -0.39 is 27.0 Å². The number of carbonyl (C=O) groups excluding carboxylic acids is 1. The molecule has 1 fully saturated rings. The zero-order valence-electron chi connectivity index (χ0n) is 15.2. The van der Waals surface area contributed by atoms with Crippen LogP contribution in [0.2, 0.25) is 0 Å². The molecule has 2 aromatic rings. The minimum Gasteiger partial charge on any atom is -0.355 e. The first-order valence-corrected chi connectivity index (χ1v) is 10.4. The summed E-state index contributed by atoms with van der Waals surface area (Å²) in [5.41, 5.74) is -1.26. The second-order valence-electron chi connectivity index (χ2n) is 7.19. The molecule has 9 heteroatoms. The van der Waals surface area contributed by atoms with Gasteiger partial charge in [0, 0.05) is 23.0 Å². The largest absolute Gasteiger partial charge is 0.418 e. The van der Waals surface area contributed by atoms with Crippen LogP contribution in [0.4, 0.5) is 30.2 Å². The van der Waals surface area contributed by atoms with Gasteiger partial charge in [-0.25, -0.2) is 8.42 Å². The molecule has 1 amide bonds. The molecule has 0 heterocycles. The monoisotopic (exact) mass is 412 g/mol. The van der Waals surface area contributed by atoms with E-state index in [1.807, 2.05) is 0 Å². The molecule has 0 radical (unpaired) electrons. The van der Waals surface area contributed by atoms with Crippen molar-refractivity contribution >= 4 is 32.8 Å². The van der Waals surface area contributed by atoms with Gasteiger partial charge >= 0.3 is 6.18 Å². The van der Waals surface area contributed by atoms with E-state index in [-0.39, 0.29) is 22.2 Å². The first kappa shape index (κ1) is 20.2. The number of hydrogen-bond donors (Lipinski definition) is 2. The Morgan fingerprint density at radius 1 is 1.04 bits per heavy atom. The lowest BCUT2D eigenvalue weighted by Gasteiger charge is -2.17. The lowest BCUT2D eigenvalue weighted by atomic mass is 10.1. The standard InChI is InChI=1S/C19H19F3N2O3S/c1-18(9-10-18)17(25)24-13-5-8-16(15(11-13)19(20,21)22)23-12-3-6-14(7-4-12)28(2,26)27/h3-8,11,23H,9-10H2,1-2H3,(H,24,25). The van der Waals surface area contributed by atoms with Crippen molar-refractivity contribution in [3.8, 4) is 0 Å². The molecule has 0 spiro atoms. The number of halogens is 3. The van der Waals surface area contributed by atoms with Gasteiger partial charge in [-0.3, -0.25) is 4.79 Å². The van der Waals surface area contributed by atoms with Crippen molar-refractivity contribution in [3.63, 3.8) is 0 Å². The van der Waals surface area contributed by atoms with Gasteiger partial charge in [-0.2, -0.15) is 13.2 Å². The Bertz CT molecular complexity index is 1010. The Hall–Kier alpha value is -2.55. The summed E-state index contributed by atoms with van der Waals surface area (Å²) < 4.78 is 63.5. The number of anilines is 3. The number of sulfone groups is 1. The molecule has 3 rings (SSSR count). The average molecular weight is 412 g/mol. The summed E-state index contributed by atoms with van der Waals surface area (Å²) in [5.74, 6) is -0.294. The Kier molecular flexibility index (Phi) is 4.91. The van der Waals surface area contributed by atoms with Crippen LogP contribution >= 0.6 is 0 Å². The van der Waals surface area contributed by atoms with Gasteiger partial charge in [0.25, 0.3) is 0 Å². The van der Waals surface area contributed by atoms with Crippen LogP contribution in [-0.2, 0) is 20.8 Å². The van der Waals surface area contributed by atoms with Crippen LogP contribution in [0.15, 0.2) is 47.4 Å². The van der Waals surface area contributed by atoms with E-state index >= 15 is 0 Å². The van der Waals surface area contributed by atoms with E-state index in [9.17, 15) is 26.4 Å². The van der Waals surface area contributed by atoms with E-state index in [2.05, 4.69) is 10.6 Å². The third-order valence-electron chi connectivity index (χ3n) is 4.69. The Morgan fingerprint density at radius 2 is 1.61 bits per heavy atom. The zero-order valence-corrected chi connectivity index (χ0v) is 16.0. The number of alkyl halides is 3. The van der Waals surface area contributed by atoms with E-state index in [0.717, 1.165) is 12.3 Å². The van der Waals surface area contributed by atoms with Crippen LogP contribution in [0.1, 0.15) is 25.3 Å². The molecule has 1 aliphatic carbocycles. The summed E-state index contributed by atoms with van der Waals surface area (Å²) in [7, 11) is -3.40. The molecule has 2 N–H and O–H groups in total. The van der Waals surface area contributed by atoms with E-state index in [1.54, 1.807) is 6.92 Å². The number of nitrogens with one attached hydrogen (secondary N) is 2. The van der Waals surface area contributed by atoms with Gasteiger partial charge in [0.2, 0.25) is 5.91 Å². The molecular weight excluding hydrogens is 393 g/mol. The molecule has 2 aromatic carbocycles. The first-order valence-electron chi connectivity index (χ1n) is 8.48. The van der Waals surface area contributed by atoms with Crippen molar-refractivity contribution in [3.05, 3.63) is 48.0 Å². The topological polar surface area (TPSA) is 75.3 Å². The summed E-state index contributed by atoms with van der Waals surface area (Å²) in [6.07, 6.45) is -2.16. The molecule has 0 atom stereocenters. The van der Waals surface area contributed by atoms with Crippen molar-refractivity contribution in [2.45, 2.75) is 30.8 Å². The van der Waals surface area contributed by atoms with Crippen LogP contribution in [0.5, 0.6) is 0 Å². The summed E-state index contributed by atoms with van der Waals surface area (Å²) >= 11 is 0. The number of amides is 1. The van der Waals surface area contributed by atoms with Gasteiger partial charge in [0.15, 0.2) is 9.84 Å². The van der Waals surface area contributed by atoms with Crippen molar-refractivity contribution < 1.29 is 26.4 Å². The number of benzene rings is 2. The molecule has 0 bridgehead atoms. The van der Waals surface area contributed by atoms with Crippen molar-refractivity contribution in [1.29, 1.82) is 0 Å². The average Bonchev–Trinajstić information content (AvgIpc) is 3.34. The third kappa shape index (κ3) is 4.46. The van der Waals surface area contributed by atoms with Gasteiger partial charge in [-0.15, -0.1) is 0 Å². The van der Waals surface area contributed by atoms with Gasteiger partial charge in [-0.05, 0) is 55.3 Å². The molecule has 150 valence electrons. The smallest absolute Gasteiger partial charge is 0.355 e. The number of rotatable bonds is 5. The quantitative estimate of drug-likeness (QED) is 0.753. The summed E-state index contributed by atoms with van der Waals surface area (Å²) in [4.78, 5) is 12.2. The minimum atomic E-state index is -4.64. The molecule has 1 saturated carbocycles. The Labute approximate surface area is 160 Å². The molecule has 5 nitrogen and oxygen atoms in total. The fourth-order valence-corrected chi connectivity index (χ4v) is 3.23. The van der Waals surface area contributed by atoms with E-state index in [1.165, 1.54) is 36.4 Å². The summed E-state index contributed by atoms with van der Waals surface area (Å²) in [5, 5.41) is 5.19. The fourth-order valence-electron chi connectivity index (χ4n) is 2.60. The zero-order chi connectivity index (χ0) is 20.7. The van der Waals surface area contributed by atoms with Gasteiger partial charge in [-0.1, -0.05) is 6.92 Å². The highest BCUT2D eigenvalue weighted by molar-refractivity contribution is 7.90. The molecule has 28 heavy (non-hydrogen) atoms. The highest BCUT2D eigenvalue weighted by Crippen LogP contribution is 2.46. The molecule has 1 aliphatic rings. The van der Waals surface area contributed by atoms with Crippen LogP contribution in [0, 0.1) is 5.41 Å². The maximum atomic E-state index is 13.5. The lowest BCUT2D eigenvalue weighted by molar-refractivity contribution is -0.137. The third-order valence-corrected chi connectivity index (χ3v) is 5.82. The summed E-state index contributed by atoms with van der Waals surface area (Å²) in [6.45, 7) is 1.77. The predicted molar refractivity (Wildman–Crippen MR) is 100 cm³/mol. The molecule has 0 aliphatic heterocycles. The fraction of sp³-hybridized carbons (Fsp3) is 0.316. The highest BCUT2D eigenvalue weighted by atomic mass is 32.2. The number of hydrogen-bond acceptors (Lipinski definition) is 4. The van der Waals surface area contributed by atoms with Crippen molar-refractivity contribution in [2.24, 2.45) is 5.41 Å². The minimum absolute atomic E-state index is 0.0701. The SMILES string of the molecule is CC1(C(=O)Nc2ccc(Nc3ccc(S(C)(=O)=O)cc3)c(C(F)(F)F)c2)CC1. The van der Waals surface area contributed by atoms with Crippen LogP contribution in [0.3, 0.4) is 0 Å². The normalized spacial score (nSPS) is 15.8.